The normalized spacial score (nSPS) is 33.7. The zero-order chi connectivity index (χ0) is 16.7. The summed E-state index contributed by atoms with van der Waals surface area (Å²) in [5, 5.41) is 10.0. The minimum absolute atomic E-state index is 0.0494. The van der Waals surface area contributed by atoms with E-state index in [9.17, 15) is 14.3 Å². The Morgan fingerprint density at radius 1 is 1.12 bits per heavy atom. The summed E-state index contributed by atoms with van der Waals surface area (Å²) in [7, 11) is 0. The Balaban J connectivity index is 1.32. The van der Waals surface area contributed by atoms with Crippen LogP contribution in [-0.2, 0) is 4.79 Å². The average Bonchev–Trinajstić information content (AvgIpc) is 3.28. The number of hydrogen-bond acceptors (Lipinski definition) is 3. The van der Waals surface area contributed by atoms with Gasteiger partial charge in [0.1, 0.15) is 5.82 Å². The van der Waals surface area contributed by atoms with Gasteiger partial charge in [0.05, 0.1) is 6.10 Å². The average molecular weight is 332 g/mol. The van der Waals surface area contributed by atoms with Gasteiger partial charge in [-0.2, -0.15) is 0 Å². The third-order valence-corrected chi connectivity index (χ3v) is 5.95. The smallest absolute Gasteiger partial charge is 0.226 e. The van der Waals surface area contributed by atoms with E-state index < -0.39 is 0 Å². The van der Waals surface area contributed by atoms with Gasteiger partial charge in [-0.1, -0.05) is 18.2 Å². The third-order valence-electron chi connectivity index (χ3n) is 5.95. The highest BCUT2D eigenvalue weighted by atomic mass is 19.1. The molecule has 1 heterocycles. The Bertz CT molecular complexity index is 615. The predicted molar refractivity (Wildman–Crippen MR) is 89.0 cm³/mol. The van der Waals surface area contributed by atoms with Crippen molar-refractivity contribution in [3.63, 3.8) is 0 Å². The number of nitrogens with zero attached hydrogens (tertiary/aromatic N) is 2. The van der Waals surface area contributed by atoms with E-state index in [1.807, 2.05) is 11.0 Å². The molecular formula is C19H25FN2O2. The fraction of sp³-hybridized carbons (Fsp3) is 0.632. The molecule has 24 heavy (non-hydrogen) atoms. The van der Waals surface area contributed by atoms with Gasteiger partial charge < -0.3 is 10.0 Å². The number of carbonyl (C=O) groups excluding carboxylic acids is 1. The van der Waals surface area contributed by atoms with Gasteiger partial charge in [0.15, 0.2) is 0 Å². The number of halogens is 1. The lowest BCUT2D eigenvalue weighted by atomic mass is 10.1. The third kappa shape index (κ3) is 2.95. The van der Waals surface area contributed by atoms with Crippen LogP contribution in [0.3, 0.4) is 0 Å². The monoisotopic (exact) mass is 332 g/mol. The number of aliphatic hydroxyl groups is 1. The van der Waals surface area contributed by atoms with Gasteiger partial charge in [-0.15, -0.1) is 0 Å². The standard InChI is InChI=1S/C19H25FN2O2/c20-16-5-2-1-4-13(16)14-12-15(14)19(24)22-10-8-21(9-11-22)17-6-3-7-18(17)23/h1-2,4-5,14-15,17-18,23H,3,6-12H2. The predicted octanol–water partition coefficient (Wildman–Crippen LogP) is 1.99. The second-order valence-electron chi connectivity index (χ2n) is 7.40. The van der Waals surface area contributed by atoms with Gasteiger partial charge in [-0.05, 0) is 43.2 Å². The van der Waals surface area contributed by atoms with E-state index in [0.29, 0.717) is 5.56 Å². The molecule has 0 radical (unpaired) electrons. The molecule has 1 aliphatic heterocycles. The largest absolute Gasteiger partial charge is 0.391 e. The number of amides is 1. The van der Waals surface area contributed by atoms with Crippen molar-refractivity contribution in [1.82, 2.24) is 9.80 Å². The van der Waals surface area contributed by atoms with Crippen LogP contribution in [0.4, 0.5) is 4.39 Å². The molecule has 3 fully saturated rings. The molecule has 1 aromatic rings. The van der Waals surface area contributed by atoms with Gasteiger partial charge in [0.25, 0.3) is 0 Å². The SMILES string of the molecule is O=C(C1CC1c1ccccc1F)N1CCN(C2CCCC2O)CC1. The second kappa shape index (κ2) is 6.45. The van der Waals surface area contributed by atoms with E-state index in [1.165, 1.54) is 6.07 Å². The van der Waals surface area contributed by atoms with Crippen LogP contribution >= 0.6 is 0 Å². The summed E-state index contributed by atoms with van der Waals surface area (Å²) < 4.78 is 13.9. The van der Waals surface area contributed by atoms with Crippen LogP contribution in [0.2, 0.25) is 0 Å². The van der Waals surface area contributed by atoms with Crippen LogP contribution in [-0.4, -0.2) is 59.1 Å². The van der Waals surface area contributed by atoms with E-state index in [2.05, 4.69) is 4.90 Å². The number of hydrogen-bond donors (Lipinski definition) is 1. The molecule has 4 rings (SSSR count). The quantitative estimate of drug-likeness (QED) is 0.921. The van der Waals surface area contributed by atoms with Crippen molar-refractivity contribution in [2.75, 3.05) is 26.2 Å². The van der Waals surface area contributed by atoms with Gasteiger partial charge in [0, 0.05) is 38.1 Å². The lowest BCUT2D eigenvalue weighted by molar-refractivity contribution is -0.135. The second-order valence-corrected chi connectivity index (χ2v) is 7.40. The van der Waals surface area contributed by atoms with Crippen molar-refractivity contribution < 1.29 is 14.3 Å². The Kier molecular flexibility index (Phi) is 4.31. The number of carbonyl (C=O) groups is 1. The Labute approximate surface area is 142 Å². The summed E-state index contributed by atoms with van der Waals surface area (Å²) in [5.74, 6) is -0.0216. The van der Waals surface area contributed by atoms with Crippen LogP contribution in [0.5, 0.6) is 0 Å². The molecule has 1 amide bonds. The topological polar surface area (TPSA) is 43.8 Å². The lowest BCUT2D eigenvalue weighted by Crippen LogP contribution is -2.54. The highest BCUT2D eigenvalue weighted by Crippen LogP contribution is 2.49. The van der Waals surface area contributed by atoms with E-state index in [4.69, 9.17) is 0 Å². The number of aliphatic hydroxyl groups excluding tert-OH is 1. The molecule has 1 saturated heterocycles. The fourth-order valence-electron chi connectivity index (χ4n) is 4.44. The first-order valence-electron chi connectivity index (χ1n) is 9.10. The van der Waals surface area contributed by atoms with Crippen LogP contribution in [0.1, 0.15) is 37.2 Å². The molecule has 2 saturated carbocycles. The molecule has 0 aromatic heterocycles. The van der Waals surface area contributed by atoms with Crippen molar-refractivity contribution in [1.29, 1.82) is 0 Å². The van der Waals surface area contributed by atoms with E-state index in [1.54, 1.807) is 12.1 Å². The molecule has 2 aliphatic carbocycles. The molecule has 0 spiro atoms. The Morgan fingerprint density at radius 2 is 1.88 bits per heavy atom. The highest BCUT2D eigenvalue weighted by Gasteiger charge is 2.47. The minimum atomic E-state index is -0.207. The molecule has 1 N–H and O–H groups in total. The van der Waals surface area contributed by atoms with Crippen LogP contribution < -0.4 is 0 Å². The van der Waals surface area contributed by atoms with Crippen LogP contribution in [0.15, 0.2) is 24.3 Å². The van der Waals surface area contributed by atoms with Crippen molar-refractivity contribution in [2.45, 2.75) is 43.7 Å². The number of rotatable bonds is 3. The maximum atomic E-state index is 13.9. The number of benzene rings is 1. The molecule has 130 valence electrons. The molecule has 0 bridgehead atoms. The molecule has 4 unspecified atom stereocenters. The molecular weight excluding hydrogens is 307 g/mol. The van der Waals surface area contributed by atoms with Gasteiger partial charge in [-0.25, -0.2) is 4.39 Å². The summed E-state index contributed by atoms with van der Waals surface area (Å²) in [6.45, 7) is 3.13. The Hall–Kier alpha value is -1.46. The summed E-state index contributed by atoms with van der Waals surface area (Å²) in [4.78, 5) is 17.0. The fourth-order valence-corrected chi connectivity index (χ4v) is 4.44. The van der Waals surface area contributed by atoms with Crippen molar-refractivity contribution in [2.24, 2.45) is 5.92 Å². The van der Waals surface area contributed by atoms with E-state index >= 15 is 0 Å². The van der Waals surface area contributed by atoms with Gasteiger partial charge in [0.2, 0.25) is 5.91 Å². The first-order chi connectivity index (χ1) is 11.6. The van der Waals surface area contributed by atoms with Crippen molar-refractivity contribution in [3.8, 4) is 0 Å². The van der Waals surface area contributed by atoms with E-state index in [-0.39, 0.29) is 35.7 Å². The molecule has 3 aliphatic rings. The lowest BCUT2D eigenvalue weighted by Gasteiger charge is -2.39. The highest BCUT2D eigenvalue weighted by molar-refractivity contribution is 5.83. The molecule has 4 nitrogen and oxygen atoms in total. The van der Waals surface area contributed by atoms with E-state index in [0.717, 1.165) is 51.9 Å². The zero-order valence-electron chi connectivity index (χ0n) is 13.9. The first kappa shape index (κ1) is 16.0. The maximum Gasteiger partial charge on any atom is 0.226 e. The summed E-state index contributed by atoms with van der Waals surface area (Å²) in [5.41, 5.74) is 0.684. The van der Waals surface area contributed by atoms with Crippen molar-refractivity contribution in [3.05, 3.63) is 35.6 Å². The summed E-state index contributed by atoms with van der Waals surface area (Å²) >= 11 is 0. The van der Waals surface area contributed by atoms with Crippen LogP contribution in [0.25, 0.3) is 0 Å². The summed E-state index contributed by atoms with van der Waals surface area (Å²) in [6.07, 6.45) is 3.61. The maximum absolute atomic E-state index is 13.9. The van der Waals surface area contributed by atoms with Crippen LogP contribution in [0, 0.1) is 11.7 Å². The Morgan fingerprint density at radius 3 is 2.54 bits per heavy atom. The molecule has 5 heteroatoms. The van der Waals surface area contributed by atoms with Gasteiger partial charge >= 0.3 is 0 Å². The summed E-state index contributed by atoms with van der Waals surface area (Å²) in [6, 6.07) is 7.07. The van der Waals surface area contributed by atoms with Gasteiger partial charge in [-0.3, -0.25) is 9.69 Å². The molecule has 1 aromatic carbocycles. The van der Waals surface area contributed by atoms with Crippen molar-refractivity contribution >= 4 is 5.91 Å². The number of piperazine rings is 1. The minimum Gasteiger partial charge on any atom is -0.391 e. The molecule has 4 atom stereocenters. The zero-order valence-corrected chi connectivity index (χ0v) is 13.9. The first-order valence-corrected chi connectivity index (χ1v) is 9.10.